The monoisotopic (exact) mass is 200 g/mol. The molecule has 1 aliphatic rings. The van der Waals surface area contributed by atoms with E-state index in [1.807, 2.05) is 29.5 Å². The summed E-state index contributed by atoms with van der Waals surface area (Å²) in [6.45, 7) is 2.00. The molecule has 0 amide bonds. The van der Waals surface area contributed by atoms with Gasteiger partial charge in [0.15, 0.2) is 6.29 Å². The summed E-state index contributed by atoms with van der Waals surface area (Å²) in [6.07, 6.45) is 3.30. The predicted octanol–water partition coefficient (Wildman–Crippen LogP) is 2.33. The zero-order valence-electron chi connectivity index (χ0n) is 8.60. The second-order valence-corrected chi connectivity index (χ2v) is 4.12. The highest BCUT2D eigenvalue weighted by molar-refractivity contribution is 5.75. The van der Waals surface area contributed by atoms with Gasteiger partial charge in [0.05, 0.1) is 16.9 Å². The van der Waals surface area contributed by atoms with Gasteiger partial charge in [-0.2, -0.15) is 0 Å². The van der Waals surface area contributed by atoms with E-state index in [-0.39, 0.29) is 0 Å². The van der Waals surface area contributed by atoms with Crippen LogP contribution in [0.1, 0.15) is 40.8 Å². The molecule has 0 atom stereocenters. The van der Waals surface area contributed by atoms with Crippen LogP contribution < -0.4 is 0 Å². The van der Waals surface area contributed by atoms with E-state index in [1.54, 1.807) is 0 Å². The van der Waals surface area contributed by atoms with Crippen molar-refractivity contribution in [2.75, 3.05) is 0 Å². The number of rotatable bonds is 2. The fourth-order valence-corrected chi connectivity index (χ4v) is 2.05. The summed E-state index contributed by atoms with van der Waals surface area (Å²) in [5.41, 5.74) is 2.78. The Bertz CT molecular complexity index is 538. The number of aryl methyl sites for hydroxylation is 1. The standard InChI is InChI=1S/C12H12N2O/c1-8-11-4-2-3-10(7-15)14(11)12(13-8)9-5-6-9/h2-4,7,9H,5-6H2,1H3. The van der Waals surface area contributed by atoms with E-state index >= 15 is 0 Å². The highest BCUT2D eigenvalue weighted by Crippen LogP contribution is 2.40. The Morgan fingerprint density at radius 3 is 2.93 bits per heavy atom. The summed E-state index contributed by atoms with van der Waals surface area (Å²) in [5, 5.41) is 0. The average molecular weight is 200 g/mol. The smallest absolute Gasteiger partial charge is 0.166 e. The van der Waals surface area contributed by atoms with E-state index < -0.39 is 0 Å². The number of fused-ring (bicyclic) bond motifs is 1. The number of pyridine rings is 1. The number of nitrogens with zero attached hydrogens (tertiary/aromatic N) is 2. The quantitative estimate of drug-likeness (QED) is 0.697. The molecular formula is C12H12N2O. The van der Waals surface area contributed by atoms with Gasteiger partial charge < -0.3 is 0 Å². The van der Waals surface area contributed by atoms with Crippen LogP contribution in [0, 0.1) is 6.92 Å². The highest BCUT2D eigenvalue weighted by atomic mass is 16.1. The molecule has 3 rings (SSSR count). The molecule has 1 fully saturated rings. The number of aromatic nitrogens is 2. The van der Waals surface area contributed by atoms with E-state index in [1.165, 1.54) is 12.8 Å². The molecule has 0 bridgehead atoms. The van der Waals surface area contributed by atoms with E-state index in [9.17, 15) is 4.79 Å². The molecule has 3 heteroatoms. The zero-order valence-corrected chi connectivity index (χ0v) is 8.60. The summed E-state index contributed by atoms with van der Waals surface area (Å²) in [7, 11) is 0. The Morgan fingerprint density at radius 2 is 2.27 bits per heavy atom. The van der Waals surface area contributed by atoms with Crippen LogP contribution in [-0.4, -0.2) is 15.7 Å². The van der Waals surface area contributed by atoms with Crippen LogP contribution in [0.5, 0.6) is 0 Å². The normalized spacial score (nSPS) is 15.8. The first kappa shape index (κ1) is 8.65. The van der Waals surface area contributed by atoms with Crippen LogP contribution in [0.4, 0.5) is 0 Å². The first-order valence-corrected chi connectivity index (χ1v) is 5.24. The Morgan fingerprint density at radius 1 is 1.47 bits per heavy atom. The van der Waals surface area contributed by atoms with Crippen LogP contribution in [0.2, 0.25) is 0 Å². The molecule has 2 heterocycles. The molecule has 2 aromatic heterocycles. The molecule has 15 heavy (non-hydrogen) atoms. The van der Waals surface area contributed by atoms with Gasteiger partial charge in [-0.25, -0.2) is 4.98 Å². The first-order chi connectivity index (χ1) is 7.31. The first-order valence-electron chi connectivity index (χ1n) is 5.24. The van der Waals surface area contributed by atoms with Gasteiger partial charge in [-0.15, -0.1) is 0 Å². The van der Waals surface area contributed by atoms with Crippen molar-refractivity contribution in [2.24, 2.45) is 0 Å². The molecule has 0 aliphatic heterocycles. The zero-order chi connectivity index (χ0) is 10.4. The molecule has 0 spiro atoms. The van der Waals surface area contributed by atoms with Gasteiger partial charge in [0.2, 0.25) is 0 Å². The predicted molar refractivity (Wildman–Crippen MR) is 57.3 cm³/mol. The van der Waals surface area contributed by atoms with Gasteiger partial charge in [0.1, 0.15) is 5.82 Å². The van der Waals surface area contributed by atoms with Crippen molar-refractivity contribution in [2.45, 2.75) is 25.7 Å². The number of hydrogen-bond donors (Lipinski definition) is 0. The van der Waals surface area contributed by atoms with Crippen molar-refractivity contribution >= 4 is 11.8 Å². The fourth-order valence-electron chi connectivity index (χ4n) is 2.05. The summed E-state index contributed by atoms with van der Waals surface area (Å²) in [6, 6.07) is 5.76. The lowest BCUT2D eigenvalue weighted by Gasteiger charge is -2.02. The Kier molecular flexibility index (Phi) is 1.69. The highest BCUT2D eigenvalue weighted by Gasteiger charge is 2.29. The van der Waals surface area contributed by atoms with Gasteiger partial charge in [-0.3, -0.25) is 9.20 Å². The minimum absolute atomic E-state index is 0.562. The van der Waals surface area contributed by atoms with Gasteiger partial charge >= 0.3 is 0 Å². The van der Waals surface area contributed by atoms with Crippen LogP contribution in [-0.2, 0) is 0 Å². The van der Waals surface area contributed by atoms with Gasteiger partial charge in [-0.05, 0) is 31.9 Å². The maximum Gasteiger partial charge on any atom is 0.166 e. The van der Waals surface area contributed by atoms with Crippen molar-refractivity contribution in [3.05, 3.63) is 35.4 Å². The van der Waals surface area contributed by atoms with Gasteiger partial charge in [0.25, 0.3) is 0 Å². The summed E-state index contributed by atoms with van der Waals surface area (Å²) >= 11 is 0. The van der Waals surface area contributed by atoms with E-state index in [2.05, 4.69) is 4.98 Å². The molecule has 0 N–H and O–H groups in total. The molecule has 0 radical (unpaired) electrons. The third kappa shape index (κ3) is 1.19. The van der Waals surface area contributed by atoms with Crippen LogP contribution >= 0.6 is 0 Å². The Hall–Kier alpha value is -1.64. The minimum Gasteiger partial charge on any atom is -0.296 e. The van der Waals surface area contributed by atoms with Crippen LogP contribution in [0.15, 0.2) is 18.2 Å². The van der Waals surface area contributed by atoms with Crippen molar-refractivity contribution in [3.8, 4) is 0 Å². The molecule has 1 aliphatic carbocycles. The molecule has 0 saturated heterocycles. The minimum atomic E-state index is 0.562. The van der Waals surface area contributed by atoms with E-state index in [0.717, 1.165) is 23.3 Å². The SMILES string of the molecule is Cc1nc(C2CC2)n2c(C=O)cccc12. The lowest BCUT2D eigenvalue weighted by Crippen LogP contribution is -1.99. The summed E-state index contributed by atoms with van der Waals surface area (Å²) < 4.78 is 2.00. The molecule has 0 unspecified atom stereocenters. The van der Waals surface area contributed by atoms with Crippen LogP contribution in [0.25, 0.3) is 5.52 Å². The average Bonchev–Trinajstić information content (AvgIpc) is 3.04. The summed E-state index contributed by atoms with van der Waals surface area (Å²) in [4.78, 5) is 15.5. The number of carbonyl (C=O) groups is 1. The third-order valence-corrected chi connectivity index (χ3v) is 2.97. The van der Waals surface area contributed by atoms with E-state index in [4.69, 9.17) is 0 Å². The van der Waals surface area contributed by atoms with Gasteiger partial charge in [-0.1, -0.05) is 6.07 Å². The second-order valence-electron chi connectivity index (χ2n) is 4.12. The largest absolute Gasteiger partial charge is 0.296 e. The van der Waals surface area contributed by atoms with Crippen molar-refractivity contribution < 1.29 is 4.79 Å². The Labute approximate surface area is 87.7 Å². The summed E-state index contributed by atoms with van der Waals surface area (Å²) in [5.74, 6) is 1.62. The number of imidazole rings is 1. The lowest BCUT2D eigenvalue weighted by molar-refractivity contribution is 0.111. The molecule has 1 saturated carbocycles. The second kappa shape index (κ2) is 2.92. The molecule has 76 valence electrons. The molecule has 0 aromatic carbocycles. The van der Waals surface area contributed by atoms with Gasteiger partial charge in [0, 0.05) is 5.92 Å². The maximum absolute atomic E-state index is 11.0. The number of hydrogen-bond acceptors (Lipinski definition) is 2. The van der Waals surface area contributed by atoms with Crippen LogP contribution in [0.3, 0.4) is 0 Å². The van der Waals surface area contributed by atoms with Crippen molar-refractivity contribution in [1.29, 1.82) is 0 Å². The van der Waals surface area contributed by atoms with Crippen molar-refractivity contribution in [3.63, 3.8) is 0 Å². The third-order valence-electron chi connectivity index (χ3n) is 2.97. The fraction of sp³-hybridized carbons (Fsp3) is 0.333. The van der Waals surface area contributed by atoms with Crippen molar-refractivity contribution in [1.82, 2.24) is 9.38 Å². The topological polar surface area (TPSA) is 34.4 Å². The van der Waals surface area contributed by atoms with E-state index in [0.29, 0.717) is 11.6 Å². The Balaban J connectivity index is 2.39. The number of carbonyl (C=O) groups excluding carboxylic acids is 1. The lowest BCUT2D eigenvalue weighted by atomic mass is 10.3. The molecule has 3 nitrogen and oxygen atoms in total. The number of aldehydes is 1. The maximum atomic E-state index is 11.0. The molecule has 2 aromatic rings. The molecular weight excluding hydrogens is 188 g/mol.